The molecule has 1 atom stereocenters. The Kier molecular flexibility index (Phi) is 11.9. The summed E-state index contributed by atoms with van der Waals surface area (Å²) in [5, 5.41) is 2.90. The van der Waals surface area contributed by atoms with E-state index in [4.69, 9.17) is 0 Å². The van der Waals surface area contributed by atoms with Crippen molar-refractivity contribution in [3.63, 3.8) is 0 Å². The van der Waals surface area contributed by atoms with Crippen molar-refractivity contribution in [3.8, 4) is 0 Å². The van der Waals surface area contributed by atoms with Crippen molar-refractivity contribution in [2.75, 3.05) is 17.4 Å². The molecule has 7 nitrogen and oxygen atoms in total. The van der Waals surface area contributed by atoms with Crippen LogP contribution in [0.5, 0.6) is 0 Å². The van der Waals surface area contributed by atoms with Gasteiger partial charge in [-0.25, -0.2) is 8.42 Å². The van der Waals surface area contributed by atoms with Crippen LogP contribution < -0.4 is 9.62 Å². The number of hydrogen-bond donors (Lipinski definition) is 1. The third kappa shape index (κ3) is 9.68. The molecule has 0 spiro atoms. The molecule has 0 aromatic heterocycles. The van der Waals surface area contributed by atoms with Crippen LogP contribution in [0.2, 0.25) is 0 Å². The van der Waals surface area contributed by atoms with Crippen LogP contribution in [0.3, 0.4) is 0 Å². The number of alkyl halides is 3. The molecule has 47 heavy (non-hydrogen) atoms. The van der Waals surface area contributed by atoms with Crippen molar-refractivity contribution in [2.45, 2.75) is 43.9 Å². The first kappa shape index (κ1) is 35.7. The van der Waals surface area contributed by atoms with E-state index >= 15 is 0 Å². The lowest BCUT2D eigenvalue weighted by Gasteiger charge is -2.34. The number of amides is 2. The summed E-state index contributed by atoms with van der Waals surface area (Å²) in [6.45, 7) is 3.25. The summed E-state index contributed by atoms with van der Waals surface area (Å²) in [6.07, 6.45) is -4.65. The quantitative estimate of drug-likeness (QED) is 0.160. The molecule has 0 aliphatic rings. The van der Waals surface area contributed by atoms with Gasteiger partial charge in [-0.05, 0) is 59.5 Å². The molecule has 4 rings (SSSR count). The van der Waals surface area contributed by atoms with E-state index < -0.39 is 46.2 Å². The van der Waals surface area contributed by atoms with Crippen molar-refractivity contribution in [2.24, 2.45) is 5.92 Å². The van der Waals surface area contributed by atoms with Crippen molar-refractivity contribution in [1.29, 1.82) is 0 Å². The number of sulfonamides is 1. The zero-order valence-electron chi connectivity index (χ0n) is 25.8. The molecule has 248 valence electrons. The molecule has 0 saturated heterocycles. The first-order chi connectivity index (χ1) is 22.3. The Morgan fingerprint density at radius 3 is 2.06 bits per heavy atom. The third-order valence-electron chi connectivity index (χ3n) is 7.27. The number of rotatable bonds is 13. The van der Waals surface area contributed by atoms with Gasteiger partial charge in [0.05, 0.1) is 16.1 Å². The monoisotopic (exact) mass is 729 g/mol. The van der Waals surface area contributed by atoms with Crippen LogP contribution in [0.25, 0.3) is 0 Å². The molecule has 0 unspecified atom stereocenters. The fourth-order valence-electron chi connectivity index (χ4n) is 4.89. The molecule has 0 fully saturated rings. The summed E-state index contributed by atoms with van der Waals surface area (Å²) in [5.74, 6) is -1.11. The molecule has 0 radical (unpaired) electrons. The summed E-state index contributed by atoms with van der Waals surface area (Å²) in [6, 6.07) is 26.1. The average Bonchev–Trinajstić information content (AvgIpc) is 3.04. The van der Waals surface area contributed by atoms with Gasteiger partial charge in [-0.3, -0.25) is 13.9 Å². The molecule has 1 N–H and O–H groups in total. The van der Waals surface area contributed by atoms with Gasteiger partial charge in [0.25, 0.3) is 10.0 Å². The predicted octanol–water partition coefficient (Wildman–Crippen LogP) is 7.08. The van der Waals surface area contributed by atoms with Crippen molar-refractivity contribution in [1.82, 2.24) is 10.2 Å². The van der Waals surface area contributed by atoms with Crippen LogP contribution in [-0.2, 0) is 38.8 Å². The van der Waals surface area contributed by atoms with Crippen molar-refractivity contribution >= 4 is 43.5 Å². The fourth-order valence-corrected chi connectivity index (χ4v) is 6.77. The lowest BCUT2D eigenvalue weighted by molar-refractivity contribution is -0.140. The molecule has 0 saturated carbocycles. The maximum Gasteiger partial charge on any atom is 0.416 e. The van der Waals surface area contributed by atoms with Gasteiger partial charge in [-0.1, -0.05) is 96.5 Å². The molecule has 0 aliphatic carbocycles. The van der Waals surface area contributed by atoms with Crippen LogP contribution in [0.1, 0.15) is 30.5 Å². The zero-order valence-corrected chi connectivity index (χ0v) is 28.2. The Labute approximate surface area is 281 Å². The lowest BCUT2D eigenvalue weighted by Crippen LogP contribution is -2.53. The van der Waals surface area contributed by atoms with Crippen LogP contribution >= 0.6 is 15.9 Å². The van der Waals surface area contributed by atoms with E-state index in [-0.39, 0.29) is 29.5 Å². The second-order valence-corrected chi connectivity index (χ2v) is 14.1. The van der Waals surface area contributed by atoms with Crippen LogP contribution in [0.15, 0.2) is 119 Å². The molecule has 4 aromatic rings. The fraction of sp³-hybridized carbons (Fsp3) is 0.257. The van der Waals surface area contributed by atoms with E-state index in [2.05, 4.69) is 21.2 Å². The van der Waals surface area contributed by atoms with E-state index in [1.807, 2.05) is 32.0 Å². The minimum Gasteiger partial charge on any atom is -0.354 e. The van der Waals surface area contributed by atoms with Gasteiger partial charge in [0, 0.05) is 24.0 Å². The highest BCUT2D eigenvalue weighted by atomic mass is 79.9. The Bertz CT molecular complexity index is 1770. The average molecular weight is 731 g/mol. The number of carbonyl (C=O) groups excluding carboxylic acids is 2. The second kappa shape index (κ2) is 15.6. The SMILES string of the molecule is CC(C)CNC(=O)[C@H](Cc1ccccc1)N(Cc1cccc(Br)c1)C(=O)CN(c1cccc(C(F)(F)F)c1)S(=O)(=O)c1ccccc1. The van der Waals surface area contributed by atoms with Gasteiger partial charge in [0.1, 0.15) is 12.6 Å². The minimum atomic E-state index is -4.76. The molecule has 0 aliphatic heterocycles. The highest BCUT2D eigenvalue weighted by Crippen LogP contribution is 2.33. The second-order valence-electron chi connectivity index (χ2n) is 11.4. The van der Waals surface area contributed by atoms with E-state index in [1.54, 1.807) is 42.5 Å². The van der Waals surface area contributed by atoms with Gasteiger partial charge >= 0.3 is 6.18 Å². The summed E-state index contributed by atoms with van der Waals surface area (Å²) in [5.41, 5.74) is -0.00474. The normalized spacial score (nSPS) is 12.4. The molecular weight excluding hydrogens is 695 g/mol. The first-order valence-electron chi connectivity index (χ1n) is 14.9. The molecule has 2 amide bonds. The topological polar surface area (TPSA) is 86.8 Å². The maximum absolute atomic E-state index is 14.5. The number of halogens is 4. The summed E-state index contributed by atoms with van der Waals surface area (Å²) >= 11 is 3.43. The summed E-state index contributed by atoms with van der Waals surface area (Å²) in [7, 11) is -4.54. The predicted molar refractivity (Wildman–Crippen MR) is 179 cm³/mol. The highest BCUT2D eigenvalue weighted by Gasteiger charge is 2.36. The largest absolute Gasteiger partial charge is 0.416 e. The van der Waals surface area contributed by atoms with E-state index in [0.717, 1.165) is 22.2 Å². The van der Waals surface area contributed by atoms with Crippen LogP contribution in [-0.4, -0.2) is 44.3 Å². The number of benzene rings is 4. The Morgan fingerprint density at radius 1 is 0.830 bits per heavy atom. The summed E-state index contributed by atoms with van der Waals surface area (Å²) in [4.78, 5) is 29.4. The van der Waals surface area contributed by atoms with Gasteiger partial charge in [-0.15, -0.1) is 0 Å². The van der Waals surface area contributed by atoms with Gasteiger partial charge < -0.3 is 10.2 Å². The van der Waals surface area contributed by atoms with Crippen LogP contribution in [0, 0.1) is 5.92 Å². The number of nitrogens with zero attached hydrogens (tertiary/aromatic N) is 2. The Hall–Kier alpha value is -4.16. The zero-order chi connectivity index (χ0) is 34.2. The van der Waals surface area contributed by atoms with Gasteiger partial charge in [-0.2, -0.15) is 13.2 Å². The van der Waals surface area contributed by atoms with Gasteiger partial charge in [0.15, 0.2) is 0 Å². The molecule has 0 heterocycles. The number of carbonyl (C=O) groups is 2. The summed E-state index contributed by atoms with van der Waals surface area (Å²) < 4.78 is 70.7. The molecule has 4 aromatic carbocycles. The van der Waals surface area contributed by atoms with Crippen LogP contribution in [0.4, 0.5) is 18.9 Å². The minimum absolute atomic E-state index is 0.0767. The van der Waals surface area contributed by atoms with Crippen molar-refractivity contribution < 1.29 is 31.2 Å². The Balaban J connectivity index is 1.83. The molecule has 12 heteroatoms. The van der Waals surface area contributed by atoms with Gasteiger partial charge in [0.2, 0.25) is 11.8 Å². The molecular formula is C35H35BrF3N3O4S. The van der Waals surface area contributed by atoms with E-state index in [1.165, 1.54) is 35.2 Å². The lowest BCUT2D eigenvalue weighted by atomic mass is 10.0. The standard InChI is InChI=1S/C35H35BrF3N3O4S/c1-25(2)22-40-34(44)32(20-26-11-5-3-6-12-26)41(23-27-13-9-15-29(36)19-27)33(43)24-42(47(45,46)31-17-7-4-8-18-31)30-16-10-14-28(21-30)35(37,38)39/h3-19,21,25,32H,20,22-24H2,1-2H3,(H,40,44)/t32-/m0/s1. The number of hydrogen-bond acceptors (Lipinski definition) is 4. The first-order valence-corrected chi connectivity index (χ1v) is 17.1. The Morgan fingerprint density at radius 2 is 1.45 bits per heavy atom. The number of nitrogens with one attached hydrogen (secondary N) is 1. The smallest absolute Gasteiger partial charge is 0.354 e. The van der Waals surface area contributed by atoms with E-state index in [0.29, 0.717) is 22.5 Å². The third-order valence-corrected chi connectivity index (χ3v) is 9.55. The van der Waals surface area contributed by atoms with E-state index in [9.17, 15) is 31.2 Å². The maximum atomic E-state index is 14.5. The molecule has 0 bridgehead atoms. The highest BCUT2D eigenvalue weighted by molar-refractivity contribution is 9.10. The number of anilines is 1. The van der Waals surface area contributed by atoms with Crippen molar-refractivity contribution in [3.05, 3.63) is 130 Å².